The van der Waals surface area contributed by atoms with Gasteiger partial charge in [-0.3, -0.25) is 24.0 Å². The first kappa shape index (κ1) is 39.7. The van der Waals surface area contributed by atoms with E-state index < -0.39 is 77.8 Å². The van der Waals surface area contributed by atoms with E-state index in [0.29, 0.717) is 11.8 Å². The van der Waals surface area contributed by atoms with Crippen molar-refractivity contribution in [2.75, 3.05) is 26.0 Å². The number of benzene rings is 1. The summed E-state index contributed by atoms with van der Waals surface area (Å²) in [6, 6.07) is 5.51. The molecular weight excluding hydrogens is 622 g/mol. The van der Waals surface area contributed by atoms with Gasteiger partial charge < -0.3 is 40.8 Å². The molecule has 15 nitrogen and oxygen atoms in total. The van der Waals surface area contributed by atoms with E-state index in [1.807, 2.05) is 19.9 Å². The maximum atomic E-state index is 13.3. The molecule has 3 atom stereocenters. The number of hydrogen-bond donors (Lipinski definition) is 5. The van der Waals surface area contributed by atoms with E-state index in [1.54, 1.807) is 45.0 Å². The highest BCUT2D eigenvalue weighted by Crippen LogP contribution is 2.11. The van der Waals surface area contributed by atoms with Gasteiger partial charge in [0.05, 0.1) is 13.2 Å². The summed E-state index contributed by atoms with van der Waals surface area (Å²) in [6.07, 6.45) is -1.46. The summed E-state index contributed by atoms with van der Waals surface area (Å²) >= 11 is 0.665. The van der Waals surface area contributed by atoms with Crippen LogP contribution in [0.4, 0.5) is 9.59 Å². The van der Waals surface area contributed by atoms with Gasteiger partial charge in [-0.2, -0.15) is 0 Å². The third kappa shape index (κ3) is 17.2. The predicted octanol–water partition coefficient (Wildman–Crippen LogP) is 1.39. The van der Waals surface area contributed by atoms with E-state index >= 15 is 0 Å². The Balaban J connectivity index is 2.87. The van der Waals surface area contributed by atoms with Gasteiger partial charge in [0, 0.05) is 5.75 Å². The molecule has 0 fully saturated rings. The summed E-state index contributed by atoms with van der Waals surface area (Å²) in [5.74, 6) is -3.28. The monoisotopic (exact) mass is 667 g/mol. The second kappa shape index (κ2) is 19.9. The molecule has 0 aliphatic heterocycles. The smallest absolute Gasteiger partial charge is 0.408 e. The maximum absolute atomic E-state index is 13.3. The van der Waals surface area contributed by atoms with Crippen molar-refractivity contribution in [3.8, 4) is 0 Å². The second-order valence-electron chi connectivity index (χ2n) is 11.5. The lowest BCUT2D eigenvalue weighted by molar-refractivity contribution is -0.141. The quantitative estimate of drug-likeness (QED) is 0.126. The Labute approximate surface area is 273 Å². The fourth-order valence-electron chi connectivity index (χ4n) is 3.52. The number of nitrogens with one attached hydrogen (secondary N) is 5. The Hall–Kier alpha value is -4.34. The molecule has 0 aromatic heterocycles. The molecule has 0 aliphatic carbocycles. The minimum Gasteiger partial charge on any atom is -0.468 e. The summed E-state index contributed by atoms with van der Waals surface area (Å²) in [5, 5.41) is 11.6. The number of hydrogen-bond acceptors (Lipinski definition) is 11. The predicted molar refractivity (Wildman–Crippen MR) is 169 cm³/mol. The van der Waals surface area contributed by atoms with Crippen LogP contribution in [-0.4, -0.2) is 90.7 Å². The minimum absolute atomic E-state index is 0.000343. The Kier molecular flexibility index (Phi) is 17.2. The van der Waals surface area contributed by atoms with Gasteiger partial charge in [-0.25, -0.2) is 9.59 Å². The summed E-state index contributed by atoms with van der Waals surface area (Å²) < 4.78 is 14.8. The maximum Gasteiger partial charge on any atom is 0.408 e. The molecule has 0 aliphatic rings. The van der Waals surface area contributed by atoms with E-state index in [-0.39, 0.29) is 24.7 Å². The van der Waals surface area contributed by atoms with Gasteiger partial charge >= 0.3 is 18.2 Å². The van der Waals surface area contributed by atoms with Gasteiger partial charge in [-0.05, 0) is 45.6 Å². The van der Waals surface area contributed by atoms with Crippen molar-refractivity contribution in [1.29, 1.82) is 0 Å². The lowest BCUT2D eigenvalue weighted by Gasteiger charge is -2.24. The number of carbonyl (C=O) groups excluding carboxylic acids is 7. The molecular formula is C30H45N5O10S. The minimum atomic E-state index is -1.32. The first-order chi connectivity index (χ1) is 21.5. The highest BCUT2D eigenvalue weighted by atomic mass is 32.2. The van der Waals surface area contributed by atoms with Crippen LogP contribution in [0.1, 0.15) is 53.5 Å². The van der Waals surface area contributed by atoms with E-state index in [9.17, 15) is 33.6 Å². The van der Waals surface area contributed by atoms with Crippen molar-refractivity contribution in [3.63, 3.8) is 0 Å². The van der Waals surface area contributed by atoms with Crippen LogP contribution in [0.25, 0.3) is 0 Å². The van der Waals surface area contributed by atoms with Crippen molar-refractivity contribution in [1.82, 2.24) is 26.6 Å². The van der Waals surface area contributed by atoms with Crippen LogP contribution >= 0.6 is 11.8 Å². The van der Waals surface area contributed by atoms with Gasteiger partial charge in [0.15, 0.2) is 0 Å². The molecule has 0 radical (unpaired) electrons. The van der Waals surface area contributed by atoms with Crippen LogP contribution in [0, 0.1) is 5.92 Å². The molecule has 16 heteroatoms. The average Bonchev–Trinajstić information content (AvgIpc) is 2.98. The van der Waals surface area contributed by atoms with Gasteiger partial charge in [-0.1, -0.05) is 55.9 Å². The van der Waals surface area contributed by atoms with E-state index in [4.69, 9.17) is 9.47 Å². The molecule has 0 unspecified atom stereocenters. The fourth-order valence-corrected chi connectivity index (χ4v) is 4.39. The summed E-state index contributed by atoms with van der Waals surface area (Å²) in [6.45, 7) is 9.10. The van der Waals surface area contributed by atoms with Crippen molar-refractivity contribution in [2.45, 2.75) is 78.3 Å². The largest absolute Gasteiger partial charge is 0.468 e. The summed E-state index contributed by atoms with van der Waals surface area (Å²) in [4.78, 5) is 87.2. The molecule has 0 bridgehead atoms. The topological polar surface area (TPSA) is 207 Å². The zero-order valence-electron chi connectivity index (χ0n) is 27.2. The molecule has 46 heavy (non-hydrogen) atoms. The number of methoxy groups -OCH3 is 1. The zero-order valence-corrected chi connectivity index (χ0v) is 28.0. The molecule has 256 valence electrons. The molecule has 1 rings (SSSR count). The third-order valence-corrected chi connectivity index (χ3v) is 6.85. The lowest BCUT2D eigenvalue weighted by atomic mass is 10.0. The normalized spacial score (nSPS) is 12.9. The van der Waals surface area contributed by atoms with Crippen LogP contribution in [0.5, 0.6) is 0 Å². The number of ether oxygens (including phenoxy) is 3. The van der Waals surface area contributed by atoms with Gasteiger partial charge in [-0.15, -0.1) is 0 Å². The second-order valence-corrected chi connectivity index (χ2v) is 12.5. The Bertz CT molecular complexity index is 1210. The van der Waals surface area contributed by atoms with E-state index in [1.165, 1.54) is 6.92 Å². The molecule has 0 saturated heterocycles. The average molecular weight is 668 g/mol. The fraction of sp³-hybridized carbons (Fsp3) is 0.567. The molecule has 5 N–H and O–H groups in total. The first-order valence-corrected chi connectivity index (χ1v) is 15.5. The van der Waals surface area contributed by atoms with Gasteiger partial charge in [0.25, 0.3) is 0 Å². The Morgan fingerprint density at radius 1 is 0.804 bits per heavy atom. The lowest BCUT2D eigenvalue weighted by Crippen LogP contribution is -2.56. The van der Waals surface area contributed by atoms with Crippen molar-refractivity contribution in [2.24, 2.45) is 5.92 Å². The zero-order chi connectivity index (χ0) is 34.9. The van der Waals surface area contributed by atoms with Crippen molar-refractivity contribution < 1.29 is 47.8 Å². The van der Waals surface area contributed by atoms with Crippen LogP contribution < -0.4 is 26.6 Å². The molecule has 1 aromatic carbocycles. The van der Waals surface area contributed by atoms with Crippen molar-refractivity contribution >= 4 is 52.8 Å². The standard InChI is InChI=1S/C30H45N5O10S/c1-18(2)13-21(34-23(36)14-32-28(41)45-30(4,5)6)26(39)35-22(25(38)31-15-24(37)43-7)17-46-27(40)19(3)33-29(42)44-16-20-11-9-8-10-12-20/h8-12,18-19,21-22H,13-17H2,1-7H3,(H,31,38)(H,32,41)(H,33,42)(H,34,36)(H,35,39)/t19-,21-,22-/m0/s1. The number of amides is 5. The molecule has 0 heterocycles. The SMILES string of the molecule is COC(=O)CNC(=O)[C@H](CSC(=O)[C@H](C)NC(=O)OCc1ccccc1)NC(=O)[C@H](CC(C)C)NC(=O)CNC(=O)OC(C)(C)C. The van der Waals surface area contributed by atoms with E-state index in [2.05, 4.69) is 31.3 Å². The summed E-state index contributed by atoms with van der Waals surface area (Å²) in [7, 11) is 1.14. The number of alkyl carbamates (subject to hydrolysis) is 2. The first-order valence-electron chi connectivity index (χ1n) is 14.6. The Morgan fingerprint density at radius 2 is 1.46 bits per heavy atom. The van der Waals surface area contributed by atoms with Crippen LogP contribution in [-0.2, 0) is 44.8 Å². The van der Waals surface area contributed by atoms with Crippen LogP contribution in [0.15, 0.2) is 30.3 Å². The van der Waals surface area contributed by atoms with Gasteiger partial charge in [0.2, 0.25) is 22.8 Å². The number of thioether (sulfide) groups is 1. The molecule has 0 saturated carbocycles. The van der Waals surface area contributed by atoms with Gasteiger partial charge in [0.1, 0.15) is 37.4 Å². The number of rotatable bonds is 16. The van der Waals surface area contributed by atoms with Crippen molar-refractivity contribution in [3.05, 3.63) is 35.9 Å². The van der Waals surface area contributed by atoms with Crippen LogP contribution in [0.3, 0.4) is 0 Å². The number of carbonyl (C=O) groups is 7. The molecule has 5 amide bonds. The highest BCUT2D eigenvalue weighted by Gasteiger charge is 2.29. The Morgan fingerprint density at radius 3 is 2.04 bits per heavy atom. The molecule has 0 spiro atoms. The van der Waals surface area contributed by atoms with E-state index in [0.717, 1.165) is 12.7 Å². The molecule has 1 aromatic rings. The number of esters is 1. The third-order valence-electron chi connectivity index (χ3n) is 5.71. The highest BCUT2D eigenvalue weighted by molar-refractivity contribution is 8.13. The summed E-state index contributed by atoms with van der Waals surface area (Å²) in [5.41, 5.74) is -0.0166. The van der Waals surface area contributed by atoms with Crippen LogP contribution in [0.2, 0.25) is 0 Å².